The van der Waals surface area contributed by atoms with Gasteiger partial charge in [0.1, 0.15) is 5.82 Å². The fourth-order valence-electron chi connectivity index (χ4n) is 3.22. The number of pyridine rings is 1. The summed E-state index contributed by atoms with van der Waals surface area (Å²) in [4.78, 5) is 12.5. The lowest BCUT2D eigenvalue weighted by molar-refractivity contribution is 1.13. The third-order valence-corrected chi connectivity index (χ3v) is 4.59. The predicted octanol–water partition coefficient (Wildman–Crippen LogP) is 4.26. The molecule has 0 amide bonds. The van der Waals surface area contributed by atoms with Gasteiger partial charge in [-0.05, 0) is 24.3 Å². The SMILES string of the molecule is Nc1n[nH]c2ccc(-c3[nH]c(-c4ccccc4)nc3-c3ccncc3)cc12. The molecule has 6 heteroatoms. The Morgan fingerprint density at radius 3 is 2.44 bits per heavy atom. The quantitative estimate of drug-likeness (QED) is 0.452. The van der Waals surface area contributed by atoms with E-state index in [2.05, 4.69) is 20.2 Å². The number of rotatable bonds is 3. The highest BCUT2D eigenvalue weighted by atomic mass is 15.1. The summed E-state index contributed by atoms with van der Waals surface area (Å²) >= 11 is 0. The van der Waals surface area contributed by atoms with Crippen LogP contribution < -0.4 is 5.73 Å². The van der Waals surface area contributed by atoms with Crippen molar-refractivity contribution in [3.8, 4) is 33.9 Å². The summed E-state index contributed by atoms with van der Waals surface area (Å²) < 4.78 is 0. The molecular formula is C21H16N6. The van der Waals surface area contributed by atoms with Crippen LogP contribution in [-0.4, -0.2) is 25.1 Å². The number of nitrogen functional groups attached to an aromatic ring is 1. The Morgan fingerprint density at radius 1 is 0.815 bits per heavy atom. The van der Waals surface area contributed by atoms with Gasteiger partial charge in [0.05, 0.1) is 16.9 Å². The maximum absolute atomic E-state index is 5.99. The van der Waals surface area contributed by atoms with Crippen molar-refractivity contribution < 1.29 is 0 Å². The number of nitrogens with one attached hydrogen (secondary N) is 2. The van der Waals surface area contributed by atoms with Crippen LogP contribution in [0.25, 0.3) is 44.8 Å². The van der Waals surface area contributed by atoms with Gasteiger partial charge in [-0.2, -0.15) is 5.10 Å². The van der Waals surface area contributed by atoms with E-state index in [-0.39, 0.29) is 0 Å². The molecule has 0 saturated carbocycles. The Bertz CT molecular complexity index is 1220. The second-order valence-electron chi connectivity index (χ2n) is 6.28. The molecule has 0 spiro atoms. The Hall–Kier alpha value is -3.93. The van der Waals surface area contributed by atoms with Crippen LogP contribution >= 0.6 is 0 Å². The number of nitrogens with zero attached hydrogens (tertiary/aromatic N) is 3. The Labute approximate surface area is 155 Å². The van der Waals surface area contributed by atoms with Gasteiger partial charge in [0.25, 0.3) is 0 Å². The third kappa shape index (κ3) is 2.64. The van der Waals surface area contributed by atoms with E-state index in [0.29, 0.717) is 5.82 Å². The Morgan fingerprint density at radius 2 is 1.63 bits per heavy atom. The Kier molecular flexibility index (Phi) is 3.47. The average molecular weight is 352 g/mol. The molecule has 5 aromatic rings. The molecule has 6 nitrogen and oxygen atoms in total. The number of H-pyrrole nitrogens is 2. The molecule has 0 radical (unpaired) electrons. The molecule has 3 aromatic heterocycles. The van der Waals surface area contributed by atoms with E-state index in [1.807, 2.05) is 60.7 Å². The number of hydrogen-bond donors (Lipinski definition) is 3. The fraction of sp³-hybridized carbons (Fsp3) is 0. The van der Waals surface area contributed by atoms with Crippen molar-refractivity contribution >= 4 is 16.7 Å². The summed E-state index contributed by atoms with van der Waals surface area (Å²) in [6.07, 6.45) is 3.54. The summed E-state index contributed by atoms with van der Waals surface area (Å²) in [6, 6.07) is 20.0. The van der Waals surface area contributed by atoms with Crippen LogP contribution in [0.2, 0.25) is 0 Å². The van der Waals surface area contributed by atoms with Gasteiger partial charge in [0, 0.05) is 34.5 Å². The van der Waals surface area contributed by atoms with Crippen LogP contribution in [0, 0.1) is 0 Å². The molecule has 5 rings (SSSR count). The van der Waals surface area contributed by atoms with Crippen molar-refractivity contribution in [1.82, 2.24) is 25.1 Å². The molecule has 0 aliphatic heterocycles. The highest BCUT2D eigenvalue weighted by molar-refractivity contribution is 5.93. The first-order valence-corrected chi connectivity index (χ1v) is 8.59. The van der Waals surface area contributed by atoms with Crippen molar-refractivity contribution in [3.63, 3.8) is 0 Å². The number of imidazole rings is 1. The van der Waals surface area contributed by atoms with E-state index in [9.17, 15) is 0 Å². The first kappa shape index (κ1) is 15.3. The molecule has 0 bridgehead atoms. The van der Waals surface area contributed by atoms with Crippen LogP contribution in [0.1, 0.15) is 0 Å². The average Bonchev–Trinajstić information content (AvgIpc) is 3.34. The third-order valence-electron chi connectivity index (χ3n) is 4.59. The van der Waals surface area contributed by atoms with E-state index in [4.69, 9.17) is 10.7 Å². The van der Waals surface area contributed by atoms with Crippen molar-refractivity contribution in [2.75, 3.05) is 5.73 Å². The molecule has 4 N–H and O–H groups in total. The van der Waals surface area contributed by atoms with Gasteiger partial charge < -0.3 is 10.7 Å². The van der Waals surface area contributed by atoms with Crippen LogP contribution in [0.5, 0.6) is 0 Å². The highest BCUT2D eigenvalue weighted by Crippen LogP contribution is 2.34. The zero-order chi connectivity index (χ0) is 18.2. The number of aromatic amines is 2. The lowest BCUT2D eigenvalue weighted by Gasteiger charge is -2.03. The van der Waals surface area contributed by atoms with Crippen molar-refractivity contribution in [2.45, 2.75) is 0 Å². The zero-order valence-corrected chi connectivity index (χ0v) is 14.3. The largest absolute Gasteiger partial charge is 0.382 e. The normalized spacial score (nSPS) is 11.1. The predicted molar refractivity (Wildman–Crippen MR) is 107 cm³/mol. The summed E-state index contributed by atoms with van der Waals surface area (Å²) in [6.45, 7) is 0. The van der Waals surface area contributed by atoms with Crippen molar-refractivity contribution in [1.29, 1.82) is 0 Å². The van der Waals surface area contributed by atoms with E-state index in [1.54, 1.807) is 12.4 Å². The van der Waals surface area contributed by atoms with E-state index in [0.717, 1.165) is 44.8 Å². The number of fused-ring (bicyclic) bond motifs is 1. The van der Waals surface area contributed by atoms with Crippen LogP contribution in [0.15, 0.2) is 73.1 Å². The minimum absolute atomic E-state index is 0.486. The smallest absolute Gasteiger partial charge is 0.153 e. The number of anilines is 1. The standard InChI is InChI=1S/C21H16N6/c22-20-16-12-15(6-7-17(16)26-27-20)19-18(13-8-10-23-11-9-13)24-21(25-19)14-4-2-1-3-5-14/h1-12H,(H,24,25)(H3,22,26,27). The minimum Gasteiger partial charge on any atom is -0.382 e. The molecular weight excluding hydrogens is 336 g/mol. The molecule has 3 heterocycles. The molecule has 2 aromatic carbocycles. The zero-order valence-electron chi connectivity index (χ0n) is 14.3. The highest BCUT2D eigenvalue weighted by Gasteiger charge is 2.16. The first-order chi connectivity index (χ1) is 13.3. The van der Waals surface area contributed by atoms with Gasteiger partial charge in [-0.1, -0.05) is 36.4 Å². The van der Waals surface area contributed by atoms with Crippen LogP contribution in [0.3, 0.4) is 0 Å². The maximum atomic E-state index is 5.99. The number of benzene rings is 2. The number of nitrogens with two attached hydrogens (primary N) is 1. The van der Waals surface area contributed by atoms with Gasteiger partial charge in [0.2, 0.25) is 0 Å². The lowest BCUT2D eigenvalue weighted by atomic mass is 10.0. The first-order valence-electron chi connectivity index (χ1n) is 8.59. The van der Waals surface area contributed by atoms with Crippen molar-refractivity contribution in [2.24, 2.45) is 0 Å². The number of aromatic nitrogens is 5. The summed E-state index contributed by atoms with van der Waals surface area (Å²) in [7, 11) is 0. The monoisotopic (exact) mass is 352 g/mol. The molecule has 0 fully saturated rings. The topological polar surface area (TPSA) is 96.3 Å². The summed E-state index contributed by atoms with van der Waals surface area (Å²) in [5, 5.41) is 7.91. The van der Waals surface area contributed by atoms with Gasteiger partial charge >= 0.3 is 0 Å². The maximum Gasteiger partial charge on any atom is 0.153 e. The lowest BCUT2D eigenvalue weighted by Crippen LogP contribution is -1.86. The summed E-state index contributed by atoms with van der Waals surface area (Å²) in [5.74, 6) is 1.30. The fourth-order valence-corrected chi connectivity index (χ4v) is 3.22. The van der Waals surface area contributed by atoms with E-state index >= 15 is 0 Å². The molecule has 27 heavy (non-hydrogen) atoms. The van der Waals surface area contributed by atoms with E-state index in [1.165, 1.54) is 0 Å². The molecule has 0 aliphatic rings. The van der Waals surface area contributed by atoms with Gasteiger partial charge in [0.15, 0.2) is 5.82 Å². The Balaban J connectivity index is 1.74. The van der Waals surface area contributed by atoms with E-state index < -0.39 is 0 Å². The van der Waals surface area contributed by atoms with Gasteiger partial charge in [-0.25, -0.2) is 4.98 Å². The summed E-state index contributed by atoms with van der Waals surface area (Å²) in [5.41, 5.74) is 11.7. The second-order valence-corrected chi connectivity index (χ2v) is 6.28. The van der Waals surface area contributed by atoms with Gasteiger partial charge in [-0.3, -0.25) is 10.1 Å². The molecule has 0 aliphatic carbocycles. The second kappa shape index (κ2) is 6.10. The molecule has 0 atom stereocenters. The van der Waals surface area contributed by atoms with Crippen LogP contribution in [-0.2, 0) is 0 Å². The molecule has 0 saturated heterocycles. The number of hydrogen-bond acceptors (Lipinski definition) is 4. The van der Waals surface area contributed by atoms with Gasteiger partial charge in [-0.15, -0.1) is 0 Å². The van der Waals surface area contributed by atoms with Crippen molar-refractivity contribution in [3.05, 3.63) is 73.1 Å². The molecule has 130 valence electrons. The molecule has 0 unspecified atom stereocenters. The van der Waals surface area contributed by atoms with Crippen LogP contribution in [0.4, 0.5) is 5.82 Å². The minimum atomic E-state index is 0.486.